The number of hydrogen-bond acceptors (Lipinski definition) is 7. The second kappa shape index (κ2) is 7.64. The molecule has 1 N–H and O–H groups in total. The molecule has 1 unspecified atom stereocenters. The maximum Gasteiger partial charge on any atom is 0.328 e. The number of thiazole rings is 1. The Kier molecular flexibility index (Phi) is 5.59. The number of non-ortho nitro benzene ring substituents is 1. The molecule has 0 aliphatic carbocycles. The van der Waals surface area contributed by atoms with E-state index >= 15 is 0 Å². The highest BCUT2D eigenvalue weighted by atomic mass is 32.1. The van der Waals surface area contributed by atoms with Gasteiger partial charge in [0.25, 0.3) is 11.6 Å². The minimum absolute atomic E-state index is 0.00917. The monoisotopic (exact) mass is 349 g/mol. The van der Waals surface area contributed by atoms with E-state index in [1.807, 2.05) is 0 Å². The SMILES string of the molecule is CCC(NC(=O)c1ncc(-c2ccc([N+](=O)[O-])cc2)s1)C(=O)OC. The van der Waals surface area contributed by atoms with Gasteiger partial charge in [0.15, 0.2) is 5.01 Å². The Bertz CT molecular complexity index is 757. The first kappa shape index (κ1) is 17.5. The van der Waals surface area contributed by atoms with E-state index in [0.29, 0.717) is 11.3 Å². The quantitative estimate of drug-likeness (QED) is 0.487. The summed E-state index contributed by atoms with van der Waals surface area (Å²) in [4.78, 5) is 38.6. The predicted molar refractivity (Wildman–Crippen MR) is 87.8 cm³/mol. The number of nitro benzene ring substituents is 1. The summed E-state index contributed by atoms with van der Waals surface area (Å²) in [6, 6.07) is 5.24. The Morgan fingerprint density at radius 3 is 2.58 bits per heavy atom. The molecule has 0 radical (unpaired) electrons. The maximum atomic E-state index is 12.2. The lowest BCUT2D eigenvalue weighted by Gasteiger charge is -2.13. The lowest BCUT2D eigenvalue weighted by molar-refractivity contribution is -0.384. The molecular weight excluding hydrogens is 334 g/mol. The van der Waals surface area contributed by atoms with Gasteiger partial charge in [-0.15, -0.1) is 11.3 Å². The van der Waals surface area contributed by atoms with Crippen LogP contribution in [-0.4, -0.2) is 34.9 Å². The second-order valence-electron chi connectivity index (χ2n) is 4.79. The number of nitrogens with zero attached hydrogens (tertiary/aromatic N) is 2. The summed E-state index contributed by atoms with van der Waals surface area (Å²) in [6.45, 7) is 1.76. The fraction of sp³-hybridized carbons (Fsp3) is 0.267. The number of esters is 1. The Labute approximate surface area is 141 Å². The Hall–Kier alpha value is -2.81. The number of benzene rings is 1. The molecule has 0 saturated carbocycles. The van der Waals surface area contributed by atoms with Crippen LogP contribution in [0.25, 0.3) is 10.4 Å². The molecule has 0 bridgehead atoms. The van der Waals surface area contributed by atoms with Gasteiger partial charge in [-0.1, -0.05) is 6.92 Å². The first-order valence-electron chi connectivity index (χ1n) is 7.05. The number of ether oxygens (including phenoxy) is 1. The van der Waals surface area contributed by atoms with Gasteiger partial charge in [-0.3, -0.25) is 14.9 Å². The highest BCUT2D eigenvalue weighted by Crippen LogP contribution is 2.27. The summed E-state index contributed by atoms with van der Waals surface area (Å²) in [6.07, 6.45) is 1.92. The van der Waals surface area contributed by atoms with E-state index in [1.54, 1.807) is 19.1 Å². The third-order valence-electron chi connectivity index (χ3n) is 3.26. The van der Waals surface area contributed by atoms with Crippen molar-refractivity contribution >= 4 is 28.9 Å². The van der Waals surface area contributed by atoms with Gasteiger partial charge >= 0.3 is 5.97 Å². The molecule has 1 amide bonds. The molecule has 1 aromatic heterocycles. The summed E-state index contributed by atoms with van der Waals surface area (Å²) in [7, 11) is 1.26. The highest BCUT2D eigenvalue weighted by molar-refractivity contribution is 7.17. The molecule has 0 fully saturated rings. The Balaban J connectivity index is 2.13. The van der Waals surface area contributed by atoms with Gasteiger partial charge in [0.05, 0.1) is 16.9 Å². The van der Waals surface area contributed by atoms with Crippen LogP contribution in [0.3, 0.4) is 0 Å². The predicted octanol–water partition coefficient (Wildman–Crippen LogP) is 2.40. The summed E-state index contributed by atoms with van der Waals surface area (Å²) in [5, 5.41) is 13.4. The minimum Gasteiger partial charge on any atom is -0.467 e. The summed E-state index contributed by atoms with van der Waals surface area (Å²) in [5.41, 5.74) is 0.710. The number of nitro groups is 1. The molecule has 126 valence electrons. The first-order chi connectivity index (χ1) is 11.5. The van der Waals surface area contributed by atoms with Crippen LogP contribution < -0.4 is 5.32 Å². The molecule has 0 aliphatic heterocycles. The zero-order valence-electron chi connectivity index (χ0n) is 13.0. The molecular formula is C15H15N3O5S. The van der Waals surface area contributed by atoms with Crippen LogP contribution in [0.5, 0.6) is 0 Å². The minimum atomic E-state index is -0.728. The van der Waals surface area contributed by atoms with Crippen molar-refractivity contribution in [3.8, 4) is 10.4 Å². The molecule has 8 nitrogen and oxygen atoms in total. The molecule has 1 aromatic carbocycles. The molecule has 2 rings (SSSR count). The van der Waals surface area contributed by atoms with Crippen molar-refractivity contribution < 1.29 is 19.2 Å². The van der Waals surface area contributed by atoms with Crippen molar-refractivity contribution in [2.45, 2.75) is 19.4 Å². The van der Waals surface area contributed by atoms with Crippen LogP contribution in [0.2, 0.25) is 0 Å². The Morgan fingerprint density at radius 1 is 1.38 bits per heavy atom. The zero-order chi connectivity index (χ0) is 17.7. The first-order valence-corrected chi connectivity index (χ1v) is 7.87. The lowest BCUT2D eigenvalue weighted by Crippen LogP contribution is -2.40. The average Bonchev–Trinajstić information content (AvgIpc) is 3.09. The van der Waals surface area contributed by atoms with Crippen LogP contribution in [0, 0.1) is 10.1 Å². The van der Waals surface area contributed by atoms with Crippen LogP contribution in [0.15, 0.2) is 30.5 Å². The van der Waals surface area contributed by atoms with Gasteiger partial charge < -0.3 is 10.1 Å². The van der Waals surface area contributed by atoms with Crippen molar-refractivity contribution in [3.05, 3.63) is 45.6 Å². The number of carbonyl (C=O) groups excluding carboxylic acids is 2. The molecule has 24 heavy (non-hydrogen) atoms. The average molecular weight is 349 g/mol. The Morgan fingerprint density at radius 2 is 2.04 bits per heavy atom. The standard InChI is InChI=1S/C15H15N3O5S/c1-3-11(15(20)23-2)17-13(19)14-16-8-12(24-14)9-4-6-10(7-5-9)18(21)22/h4-8,11H,3H2,1-2H3,(H,17,19). The molecule has 0 aliphatic rings. The molecule has 1 heterocycles. The van der Waals surface area contributed by atoms with E-state index in [9.17, 15) is 19.7 Å². The number of amides is 1. The molecule has 9 heteroatoms. The summed E-state index contributed by atoms with van der Waals surface area (Å²) >= 11 is 1.14. The van der Waals surface area contributed by atoms with E-state index in [1.165, 1.54) is 25.4 Å². The van der Waals surface area contributed by atoms with Gasteiger partial charge in [0, 0.05) is 18.3 Å². The number of hydrogen-bond donors (Lipinski definition) is 1. The number of aromatic nitrogens is 1. The van der Waals surface area contributed by atoms with Gasteiger partial charge in [-0.05, 0) is 24.1 Å². The molecule has 1 atom stereocenters. The topological polar surface area (TPSA) is 111 Å². The molecule has 2 aromatic rings. The van der Waals surface area contributed by atoms with Gasteiger partial charge in [0.2, 0.25) is 0 Å². The van der Waals surface area contributed by atoms with Crippen molar-refractivity contribution in [3.63, 3.8) is 0 Å². The van der Waals surface area contributed by atoms with Gasteiger partial charge in [-0.2, -0.15) is 0 Å². The van der Waals surface area contributed by atoms with E-state index in [0.717, 1.165) is 16.9 Å². The third kappa shape index (κ3) is 3.93. The van der Waals surface area contributed by atoms with Gasteiger partial charge in [-0.25, -0.2) is 9.78 Å². The van der Waals surface area contributed by atoms with E-state index in [4.69, 9.17) is 0 Å². The third-order valence-corrected chi connectivity index (χ3v) is 4.31. The number of nitrogens with one attached hydrogen (secondary N) is 1. The fourth-order valence-corrected chi connectivity index (χ4v) is 2.77. The summed E-state index contributed by atoms with van der Waals surface area (Å²) in [5.74, 6) is -0.983. The molecule has 0 saturated heterocycles. The van der Waals surface area contributed by atoms with Gasteiger partial charge in [0.1, 0.15) is 6.04 Å². The summed E-state index contributed by atoms with van der Waals surface area (Å²) < 4.78 is 4.62. The number of rotatable bonds is 6. The second-order valence-corrected chi connectivity index (χ2v) is 5.82. The van der Waals surface area contributed by atoms with Crippen LogP contribution in [0.4, 0.5) is 5.69 Å². The van der Waals surface area contributed by atoms with Crippen molar-refractivity contribution in [2.75, 3.05) is 7.11 Å². The number of methoxy groups -OCH3 is 1. The normalized spacial score (nSPS) is 11.6. The highest BCUT2D eigenvalue weighted by Gasteiger charge is 2.22. The smallest absolute Gasteiger partial charge is 0.328 e. The van der Waals surface area contributed by atoms with Crippen molar-refractivity contribution in [1.82, 2.24) is 10.3 Å². The maximum absolute atomic E-state index is 12.2. The van der Waals surface area contributed by atoms with Crippen molar-refractivity contribution in [2.24, 2.45) is 0 Å². The van der Waals surface area contributed by atoms with Crippen LogP contribution >= 0.6 is 11.3 Å². The van der Waals surface area contributed by atoms with Crippen LogP contribution in [-0.2, 0) is 9.53 Å². The number of carbonyl (C=O) groups is 2. The largest absolute Gasteiger partial charge is 0.467 e. The zero-order valence-corrected chi connectivity index (χ0v) is 13.8. The fourth-order valence-electron chi connectivity index (χ4n) is 1.95. The van der Waals surface area contributed by atoms with E-state index in [-0.39, 0.29) is 10.7 Å². The molecule has 0 spiro atoms. The lowest BCUT2D eigenvalue weighted by atomic mass is 10.2. The van der Waals surface area contributed by atoms with Crippen molar-refractivity contribution in [1.29, 1.82) is 0 Å². The van der Waals surface area contributed by atoms with E-state index in [2.05, 4.69) is 15.0 Å². The van der Waals surface area contributed by atoms with E-state index < -0.39 is 22.8 Å². The van der Waals surface area contributed by atoms with Crippen LogP contribution in [0.1, 0.15) is 23.1 Å².